The monoisotopic (exact) mass is 148 g/mol. The summed E-state index contributed by atoms with van der Waals surface area (Å²) in [6.07, 6.45) is 0. The molecule has 0 saturated heterocycles. The van der Waals surface area contributed by atoms with Gasteiger partial charge in [0.1, 0.15) is 0 Å². The van der Waals surface area contributed by atoms with E-state index < -0.39 is 0 Å². The molecule has 0 amide bonds. The molecule has 11 heavy (non-hydrogen) atoms. The summed E-state index contributed by atoms with van der Waals surface area (Å²) in [4.78, 5) is 0. The van der Waals surface area contributed by atoms with Crippen molar-refractivity contribution in [3.8, 4) is 0 Å². The van der Waals surface area contributed by atoms with Gasteiger partial charge in [0.15, 0.2) is 0 Å². The van der Waals surface area contributed by atoms with Gasteiger partial charge in [-0.15, -0.1) is 0 Å². The van der Waals surface area contributed by atoms with E-state index in [0.717, 1.165) is 16.8 Å². The quantitative estimate of drug-likeness (QED) is 0.593. The second-order valence-corrected chi connectivity index (χ2v) is 2.60. The van der Waals surface area contributed by atoms with Gasteiger partial charge in [-0.05, 0) is 30.2 Å². The van der Waals surface area contributed by atoms with E-state index in [4.69, 9.17) is 11.5 Å². The van der Waals surface area contributed by atoms with Crippen molar-refractivity contribution < 1.29 is 0 Å². The number of nitrogens with two attached hydrogens (primary N) is 2. The topological polar surface area (TPSA) is 52.0 Å². The molecule has 0 radical (unpaired) electrons. The van der Waals surface area contributed by atoms with Crippen LogP contribution in [0, 0.1) is 6.92 Å². The van der Waals surface area contributed by atoms with Crippen LogP contribution in [0.25, 0.3) is 5.70 Å². The summed E-state index contributed by atoms with van der Waals surface area (Å²) in [6, 6.07) is 5.58. The van der Waals surface area contributed by atoms with Crippen LogP contribution >= 0.6 is 0 Å². The van der Waals surface area contributed by atoms with Gasteiger partial charge in [-0.3, -0.25) is 0 Å². The molecule has 2 nitrogen and oxygen atoms in total. The van der Waals surface area contributed by atoms with Crippen molar-refractivity contribution in [1.82, 2.24) is 0 Å². The molecule has 0 saturated carbocycles. The van der Waals surface area contributed by atoms with Gasteiger partial charge in [0.2, 0.25) is 0 Å². The zero-order valence-electron chi connectivity index (χ0n) is 6.59. The van der Waals surface area contributed by atoms with E-state index in [1.807, 2.05) is 25.1 Å². The molecule has 0 spiro atoms. The molecular weight excluding hydrogens is 136 g/mol. The molecule has 0 fully saturated rings. The fourth-order valence-corrected chi connectivity index (χ4v) is 1.05. The minimum absolute atomic E-state index is 0.586. The Hall–Kier alpha value is -1.44. The first kappa shape index (κ1) is 7.66. The van der Waals surface area contributed by atoms with Crippen molar-refractivity contribution in [2.45, 2.75) is 6.92 Å². The van der Waals surface area contributed by atoms with Crippen LogP contribution in [0.1, 0.15) is 11.1 Å². The molecular formula is C9H12N2. The number of benzene rings is 1. The zero-order chi connectivity index (χ0) is 8.43. The lowest BCUT2D eigenvalue weighted by Crippen LogP contribution is -1.97. The van der Waals surface area contributed by atoms with Crippen molar-refractivity contribution in [3.63, 3.8) is 0 Å². The SMILES string of the molecule is C=C(N)c1ccc(N)cc1C. The van der Waals surface area contributed by atoms with Crippen molar-refractivity contribution in [3.05, 3.63) is 35.9 Å². The minimum Gasteiger partial charge on any atom is -0.399 e. The van der Waals surface area contributed by atoms with Crippen LogP contribution in [-0.2, 0) is 0 Å². The van der Waals surface area contributed by atoms with E-state index in [9.17, 15) is 0 Å². The van der Waals surface area contributed by atoms with Gasteiger partial charge >= 0.3 is 0 Å². The molecule has 0 atom stereocenters. The Morgan fingerprint density at radius 2 is 2.09 bits per heavy atom. The molecule has 1 rings (SSSR count). The Balaban J connectivity index is 3.20. The van der Waals surface area contributed by atoms with Crippen LogP contribution < -0.4 is 11.5 Å². The van der Waals surface area contributed by atoms with Crippen LogP contribution in [0.3, 0.4) is 0 Å². The van der Waals surface area contributed by atoms with Crippen LogP contribution in [-0.4, -0.2) is 0 Å². The summed E-state index contributed by atoms with van der Waals surface area (Å²) in [5.41, 5.74) is 14.5. The Morgan fingerprint density at radius 3 is 2.55 bits per heavy atom. The Labute approximate surface area is 66.5 Å². The average molecular weight is 148 g/mol. The van der Waals surface area contributed by atoms with Crippen LogP contribution in [0.4, 0.5) is 5.69 Å². The molecule has 0 aliphatic carbocycles. The molecule has 0 aliphatic rings. The third-order valence-electron chi connectivity index (χ3n) is 1.60. The highest BCUT2D eigenvalue weighted by Crippen LogP contribution is 2.15. The first-order chi connectivity index (χ1) is 5.11. The third-order valence-corrected chi connectivity index (χ3v) is 1.60. The predicted molar refractivity (Wildman–Crippen MR) is 48.8 cm³/mol. The summed E-state index contributed by atoms with van der Waals surface area (Å²) >= 11 is 0. The fraction of sp³-hybridized carbons (Fsp3) is 0.111. The lowest BCUT2D eigenvalue weighted by molar-refractivity contribution is 1.40. The fourth-order valence-electron chi connectivity index (χ4n) is 1.05. The standard InChI is InChI=1S/C9H12N2/c1-6-5-8(11)3-4-9(6)7(2)10/h3-5H,2,10-11H2,1H3. The molecule has 0 bridgehead atoms. The van der Waals surface area contributed by atoms with E-state index in [2.05, 4.69) is 6.58 Å². The maximum Gasteiger partial charge on any atom is 0.0317 e. The van der Waals surface area contributed by atoms with Gasteiger partial charge in [0.25, 0.3) is 0 Å². The van der Waals surface area contributed by atoms with Gasteiger partial charge in [-0.1, -0.05) is 12.6 Å². The van der Waals surface area contributed by atoms with Crippen molar-refractivity contribution >= 4 is 11.4 Å². The van der Waals surface area contributed by atoms with Crippen LogP contribution in [0.5, 0.6) is 0 Å². The minimum atomic E-state index is 0.586. The number of rotatable bonds is 1. The van der Waals surface area contributed by atoms with Crippen LogP contribution in [0.2, 0.25) is 0 Å². The van der Waals surface area contributed by atoms with E-state index in [1.54, 1.807) is 0 Å². The molecule has 1 aromatic rings. The molecule has 0 aromatic heterocycles. The second kappa shape index (κ2) is 2.66. The normalized spacial score (nSPS) is 9.55. The highest BCUT2D eigenvalue weighted by molar-refractivity contribution is 5.65. The molecule has 4 N–H and O–H groups in total. The number of hydrogen-bond acceptors (Lipinski definition) is 2. The molecule has 58 valence electrons. The summed E-state index contributed by atoms with van der Waals surface area (Å²) in [7, 11) is 0. The maximum absolute atomic E-state index is 5.56. The van der Waals surface area contributed by atoms with Crippen molar-refractivity contribution in [2.75, 3.05) is 5.73 Å². The summed E-state index contributed by atoms with van der Waals surface area (Å²) in [5.74, 6) is 0. The lowest BCUT2D eigenvalue weighted by Gasteiger charge is -2.04. The average Bonchev–Trinajstić information content (AvgIpc) is 1.85. The zero-order valence-corrected chi connectivity index (χ0v) is 6.59. The van der Waals surface area contributed by atoms with E-state index in [1.165, 1.54) is 0 Å². The Kier molecular flexibility index (Phi) is 1.85. The van der Waals surface area contributed by atoms with Gasteiger partial charge in [-0.2, -0.15) is 0 Å². The first-order valence-electron chi connectivity index (χ1n) is 3.42. The van der Waals surface area contributed by atoms with E-state index in [0.29, 0.717) is 5.70 Å². The summed E-state index contributed by atoms with van der Waals surface area (Å²) in [6.45, 7) is 5.61. The summed E-state index contributed by atoms with van der Waals surface area (Å²) in [5, 5.41) is 0. The van der Waals surface area contributed by atoms with Gasteiger partial charge in [-0.25, -0.2) is 0 Å². The molecule has 0 aliphatic heterocycles. The summed E-state index contributed by atoms with van der Waals surface area (Å²) < 4.78 is 0. The van der Waals surface area contributed by atoms with E-state index in [-0.39, 0.29) is 0 Å². The molecule has 2 heteroatoms. The van der Waals surface area contributed by atoms with E-state index >= 15 is 0 Å². The number of anilines is 1. The lowest BCUT2D eigenvalue weighted by atomic mass is 10.1. The number of aryl methyl sites for hydroxylation is 1. The number of hydrogen-bond donors (Lipinski definition) is 2. The smallest absolute Gasteiger partial charge is 0.0317 e. The Bertz CT molecular complexity index is 290. The van der Waals surface area contributed by atoms with Gasteiger partial charge in [0.05, 0.1) is 0 Å². The third kappa shape index (κ3) is 1.52. The van der Waals surface area contributed by atoms with Crippen LogP contribution in [0.15, 0.2) is 24.8 Å². The highest BCUT2D eigenvalue weighted by atomic mass is 14.6. The first-order valence-corrected chi connectivity index (χ1v) is 3.42. The molecule has 0 heterocycles. The maximum atomic E-state index is 5.56. The van der Waals surface area contributed by atoms with Crippen molar-refractivity contribution in [1.29, 1.82) is 0 Å². The molecule has 1 aromatic carbocycles. The number of nitrogen functional groups attached to an aromatic ring is 1. The highest BCUT2D eigenvalue weighted by Gasteiger charge is 1.98. The van der Waals surface area contributed by atoms with Gasteiger partial charge in [0, 0.05) is 11.4 Å². The van der Waals surface area contributed by atoms with Gasteiger partial charge < -0.3 is 11.5 Å². The van der Waals surface area contributed by atoms with Crippen molar-refractivity contribution in [2.24, 2.45) is 5.73 Å². The largest absolute Gasteiger partial charge is 0.399 e. The Morgan fingerprint density at radius 1 is 1.45 bits per heavy atom. The second-order valence-electron chi connectivity index (χ2n) is 2.60. The molecule has 0 unspecified atom stereocenters. The predicted octanol–water partition coefficient (Wildman–Crippen LogP) is 1.51.